The minimum Gasteiger partial charge on any atom is -0.317 e. The molecule has 4 aliphatic rings. The Morgan fingerprint density at radius 1 is 0.944 bits per heavy atom. The zero-order valence-corrected chi connectivity index (χ0v) is 11.8. The fourth-order valence-corrected chi connectivity index (χ4v) is 4.78. The number of fused-ring (bicyclic) bond motifs is 2. The van der Waals surface area contributed by atoms with Crippen molar-refractivity contribution in [3.05, 3.63) is 0 Å². The van der Waals surface area contributed by atoms with Gasteiger partial charge in [-0.3, -0.25) is 4.90 Å². The highest BCUT2D eigenvalue weighted by molar-refractivity contribution is 5.01. The molecule has 2 heteroatoms. The van der Waals surface area contributed by atoms with Gasteiger partial charge in [0.2, 0.25) is 0 Å². The molecule has 2 aliphatic heterocycles. The Hall–Kier alpha value is -0.0800. The summed E-state index contributed by atoms with van der Waals surface area (Å²) in [5.41, 5.74) is 0. The molecule has 0 aromatic carbocycles. The summed E-state index contributed by atoms with van der Waals surface area (Å²) in [5, 5.41) is 3.52. The first-order chi connectivity index (χ1) is 8.85. The zero-order chi connectivity index (χ0) is 12.1. The van der Waals surface area contributed by atoms with Crippen LogP contribution in [0.3, 0.4) is 0 Å². The molecule has 18 heavy (non-hydrogen) atoms. The van der Waals surface area contributed by atoms with E-state index < -0.39 is 0 Å². The molecule has 2 saturated carbocycles. The van der Waals surface area contributed by atoms with Crippen LogP contribution in [-0.4, -0.2) is 36.6 Å². The highest BCUT2D eigenvalue weighted by Gasteiger charge is 2.46. The van der Waals surface area contributed by atoms with Gasteiger partial charge >= 0.3 is 0 Å². The number of nitrogens with one attached hydrogen (secondary N) is 1. The molecular formula is C16H28N2. The topological polar surface area (TPSA) is 15.3 Å². The summed E-state index contributed by atoms with van der Waals surface area (Å²) >= 11 is 0. The summed E-state index contributed by atoms with van der Waals surface area (Å²) in [6.07, 6.45) is 12.0. The minimum atomic E-state index is 0.805. The van der Waals surface area contributed by atoms with Crippen molar-refractivity contribution < 1.29 is 0 Å². The smallest absolute Gasteiger partial charge is 0.0114 e. The maximum atomic E-state index is 3.52. The molecule has 4 rings (SSSR count). The zero-order valence-electron chi connectivity index (χ0n) is 11.8. The second-order valence-corrected chi connectivity index (χ2v) is 7.38. The van der Waals surface area contributed by atoms with Crippen LogP contribution in [0.5, 0.6) is 0 Å². The third-order valence-electron chi connectivity index (χ3n) is 6.17. The molecular weight excluding hydrogens is 220 g/mol. The quantitative estimate of drug-likeness (QED) is 0.804. The Morgan fingerprint density at radius 3 is 1.94 bits per heavy atom. The van der Waals surface area contributed by atoms with Crippen molar-refractivity contribution in [2.75, 3.05) is 13.6 Å². The first-order valence-corrected chi connectivity index (χ1v) is 8.28. The number of rotatable bonds is 5. The van der Waals surface area contributed by atoms with Gasteiger partial charge in [0.05, 0.1) is 0 Å². The van der Waals surface area contributed by atoms with Crippen LogP contribution in [-0.2, 0) is 0 Å². The van der Waals surface area contributed by atoms with E-state index in [0.29, 0.717) is 0 Å². The minimum absolute atomic E-state index is 0.805. The molecule has 2 aliphatic carbocycles. The van der Waals surface area contributed by atoms with Gasteiger partial charge in [-0.15, -0.1) is 0 Å². The molecule has 0 aromatic heterocycles. The van der Waals surface area contributed by atoms with Gasteiger partial charge in [-0.1, -0.05) is 0 Å². The van der Waals surface area contributed by atoms with Gasteiger partial charge in [0, 0.05) is 24.7 Å². The van der Waals surface area contributed by atoms with Gasteiger partial charge in [-0.05, 0) is 76.2 Å². The highest BCUT2D eigenvalue weighted by Crippen LogP contribution is 2.50. The summed E-state index contributed by atoms with van der Waals surface area (Å²) < 4.78 is 0. The van der Waals surface area contributed by atoms with Crippen LogP contribution in [0, 0.1) is 17.8 Å². The third kappa shape index (κ3) is 2.12. The van der Waals surface area contributed by atoms with Crippen LogP contribution in [0.25, 0.3) is 0 Å². The third-order valence-corrected chi connectivity index (χ3v) is 6.17. The van der Waals surface area contributed by atoms with Gasteiger partial charge in [0.15, 0.2) is 0 Å². The van der Waals surface area contributed by atoms with Gasteiger partial charge in [-0.2, -0.15) is 0 Å². The van der Waals surface area contributed by atoms with Crippen molar-refractivity contribution in [3.63, 3.8) is 0 Å². The summed E-state index contributed by atoms with van der Waals surface area (Å²) in [5.74, 6) is 3.33. The number of piperidine rings is 1. The molecule has 0 radical (unpaired) electrons. The van der Waals surface area contributed by atoms with E-state index in [-0.39, 0.29) is 0 Å². The van der Waals surface area contributed by atoms with Crippen molar-refractivity contribution in [1.82, 2.24) is 10.2 Å². The van der Waals surface area contributed by atoms with Crippen LogP contribution in [0.2, 0.25) is 0 Å². The van der Waals surface area contributed by atoms with Crippen LogP contribution >= 0.6 is 0 Å². The second-order valence-electron chi connectivity index (χ2n) is 7.38. The Kier molecular flexibility index (Phi) is 2.92. The van der Waals surface area contributed by atoms with Crippen LogP contribution in [0.1, 0.15) is 51.4 Å². The fourth-order valence-electron chi connectivity index (χ4n) is 4.78. The average Bonchev–Trinajstić information content (AvgIpc) is 3.28. The van der Waals surface area contributed by atoms with Crippen LogP contribution in [0.15, 0.2) is 0 Å². The lowest BCUT2D eigenvalue weighted by atomic mass is 9.92. The lowest BCUT2D eigenvalue weighted by Crippen LogP contribution is -2.50. The maximum absolute atomic E-state index is 3.52. The summed E-state index contributed by atoms with van der Waals surface area (Å²) in [7, 11) is 2.15. The first kappa shape index (κ1) is 11.7. The van der Waals surface area contributed by atoms with Crippen molar-refractivity contribution in [1.29, 1.82) is 0 Å². The van der Waals surface area contributed by atoms with Crippen molar-refractivity contribution >= 4 is 0 Å². The largest absolute Gasteiger partial charge is 0.317 e. The summed E-state index contributed by atoms with van der Waals surface area (Å²) in [4.78, 5) is 2.94. The number of hydrogen-bond donors (Lipinski definition) is 1. The van der Waals surface area contributed by atoms with Gasteiger partial charge < -0.3 is 5.32 Å². The SMILES string of the molecule is CNC1CC2CCC(C1)N2CC(C1CC1)C1CC1. The van der Waals surface area contributed by atoms with E-state index in [4.69, 9.17) is 0 Å². The summed E-state index contributed by atoms with van der Waals surface area (Å²) in [6.45, 7) is 1.46. The standard InChI is InChI=1S/C16H28N2/c1-17-13-8-14-6-7-15(9-13)18(14)10-16(11-2-3-11)12-4-5-12/h11-17H,2-10H2,1H3. The molecule has 2 nitrogen and oxygen atoms in total. The van der Waals surface area contributed by atoms with Gasteiger partial charge in [0.25, 0.3) is 0 Å². The van der Waals surface area contributed by atoms with Crippen molar-refractivity contribution in [3.8, 4) is 0 Å². The monoisotopic (exact) mass is 248 g/mol. The highest BCUT2D eigenvalue weighted by atomic mass is 15.2. The number of hydrogen-bond acceptors (Lipinski definition) is 2. The van der Waals surface area contributed by atoms with Gasteiger partial charge in [-0.25, -0.2) is 0 Å². The van der Waals surface area contributed by atoms with E-state index in [0.717, 1.165) is 35.9 Å². The normalized spacial score (nSPS) is 40.7. The van der Waals surface area contributed by atoms with Crippen molar-refractivity contribution in [2.24, 2.45) is 17.8 Å². The second kappa shape index (κ2) is 4.49. The molecule has 2 unspecified atom stereocenters. The molecule has 2 heterocycles. The van der Waals surface area contributed by atoms with Crippen LogP contribution < -0.4 is 5.32 Å². The Bertz CT molecular complexity index is 282. The fraction of sp³-hybridized carbons (Fsp3) is 1.00. The number of nitrogens with zero attached hydrogens (tertiary/aromatic N) is 1. The Labute approximate surface area is 111 Å². The molecule has 2 bridgehead atoms. The van der Waals surface area contributed by atoms with E-state index >= 15 is 0 Å². The molecule has 0 spiro atoms. The summed E-state index contributed by atoms with van der Waals surface area (Å²) in [6, 6.07) is 2.64. The molecule has 2 atom stereocenters. The van der Waals surface area contributed by atoms with E-state index in [1.165, 1.54) is 32.2 Å². The Morgan fingerprint density at radius 2 is 1.50 bits per heavy atom. The molecule has 1 N–H and O–H groups in total. The van der Waals surface area contributed by atoms with E-state index in [1.54, 1.807) is 25.7 Å². The van der Waals surface area contributed by atoms with E-state index in [2.05, 4.69) is 17.3 Å². The van der Waals surface area contributed by atoms with E-state index in [1.807, 2.05) is 0 Å². The molecule has 0 amide bonds. The predicted molar refractivity (Wildman–Crippen MR) is 74.5 cm³/mol. The molecule has 0 aromatic rings. The molecule has 4 fully saturated rings. The maximum Gasteiger partial charge on any atom is 0.0114 e. The Balaban J connectivity index is 1.42. The lowest BCUT2D eigenvalue weighted by molar-refractivity contribution is 0.0893. The molecule has 2 saturated heterocycles. The molecule has 102 valence electrons. The first-order valence-electron chi connectivity index (χ1n) is 8.28. The van der Waals surface area contributed by atoms with Crippen LogP contribution in [0.4, 0.5) is 0 Å². The predicted octanol–water partition coefficient (Wildman–Crippen LogP) is 2.64. The van der Waals surface area contributed by atoms with E-state index in [9.17, 15) is 0 Å². The van der Waals surface area contributed by atoms with Gasteiger partial charge in [0.1, 0.15) is 0 Å². The van der Waals surface area contributed by atoms with Crippen molar-refractivity contribution in [2.45, 2.75) is 69.5 Å². The lowest BCUT2D eigenvalue weighted by Gasteiger charge is -2.41. The average molecular weight is 248 g/mol.